The first kappa shape index (κ1) is 11.9. The number of anilines is 1. The summed E-state index contributed by atoms with van der Waals surface area (Å²) in [7, 11) is 1.62. The summed E-state index contributed by atoms with van der Waals surface area (Å²) in [5.41, 5.74) is 0. The topological polar surface area (TPSA) is 58.1 Å². The van der Waals surface area contributed by atoms with Crippen LogP contribution in [0.4, 0.5) is 5.82 Å². The van der Waals surface area contributed by atoms with Crippen LogP contribution in [0.3, 0.4) is 0 Å². The maximum atomic E-state index is 11.3. The summed E-state index contributed by atoms with van der Waals surface area (Å²) in [5.74, 6) is 0.693. The Labute approximate surface area is 97.0 Å². The van der Waals surface area contributed by atoms with Gasteiger partial charge in [-0.15, -0.1) is 0 Å². The van der Waals surface area contributed by atoms with Gasteiger partial charge in [0.1, 0.15) is 12.1 Å². The number of nitrogens with one attached hydrogen (secondary N) is 1. The van der Waals surface area contributed by atoms with E-state index < -0.39 is 0 Å². The molecule has 0 unspecified atom stereocenters. The minimum Gasteiger partial charge on any atom is -0.358 e. The van der Waals surface area contributed by atoms with Crippen molar-refractivity contribution in [3.05, 3.63) is 17.0 Å². The second-order valence-electron chi connectivity index (χ2n) is 2.88. The molecule has 6 heteroatoms. The van der Waals surface area contributed by atoms with E-state index in [1.54, 1.807) is 13.2 Å². The Hall–Kier alpha value is -1.17. The van der Waals surface area contributed by atoms with Gasteiger partial charge in [-0.1, -0.05) is 0 Å². The molecule has 0 spiro atoms. The Morgan fingerprint density at radius 2 is 2.40 bits per heavy atom. The van der Waals surface area contributed by atoms with Gasteiger partial charge in [-0.25, -0.2) is 9.97 Å². The molecule has 1 N–H and O–H groups in total. The summed E-state index contributed by atoms with van der Waals surface area (Å²) >= 11 is 3.35. The van der Waals surface area contributed by atoms with Gasteiger partial charge in [0.25, 0.3) is 0 Å². The fourth-order valence-corrected chi connectivity index (χ4v) is 1.60. The van der Waals surface area contributed by atoms with E-state index in [-0.39, 0.29) is 5.91 Å². The summed E-state index contributed by atoms with van der Waals surface area (Å²) in [6.07, 6.45) is 3.13. The Morgan fingerprint density at radius 1 is 1.67 bits per heavy atom. The molecule has 5 nitrogen and oxygen atoms in total. The van der Waals surface area contributed by atoms with Crippen LogP contribution < -0.4 is 10.2 Å². The lowest BCUT2D eigenvalue weighted by atomic mass is 10.4. The molecule has 1 amide bonds. The first-order valence-corrected chi connectivity index (χ1v) is 5.39. The van der Waals surface area contributed by atoms with Crippen molar-refractivity contribution in [2.75, 3.05) is 25.0 Å². The van der Waals surface area contributed by atoms with E-state index in [9.17, 15) is 4.79 Å². The summed E-state index contributed by atoms with van der Waals surface area (Å²) in [4.78, 5) is 21.1. The lowest BCUT2D eigenvalue weighted by Gasteiger charge is -2.21. The van der Waals surface area contributed by atoms with Crippen molar-refractivity contribution in [2.24, 2.45) is 0 Å². The minimum absolute atomic E-state index is 0.0395. The van der Waals surface area contributed by atoms with Crippen LogP contribution in [-0.4, -0.2) is 36.0 Å². The maximum absolute atomic E-state index is 11.3. The predicted molar refractivity (Wildman–Crippen MR) is 61.7 cm³/mol. The highest BCUT2D eigenvalue weighted by Crippen LogP contribution is 2.21. The monoisotopic (exact) mass is 272 g/mol. The zero-order valence-corrected chi connectivity index (χ0v) is 10.3. The second kappa shape index (κ2) is 5.65. The number of halogens is 1. The van der Waals surface area contributed by atoms with Gasteiger partial charge in [0, 0.05) is 19.8 Å². The molecular formula is C9H13BrN4O. The molecular weight excluding hydrogens is 260 g/mol. The molecule has 0 radical (unpaired) electrons. The smallest absolute Gasteiger partial charge is 0.239 e. The van der Waals surface area contributed by atoms with Crippen molar-refractivity contribution in [2.45, 2.75) is 6.92 Å². The molecule has 1 heterocycles. The first-order valence-electron chi connectivity index (χ1n) is 4.60. The molecule has 0 aliphatic heterocycles. The van der Waals surface area contributed by atoms with E-state index in [0.717, 1.165) is 10.3 Å². The first-order chi connectivity index (χ1) is 7.19. The van der Waals surface area contributed by atoms with Gasteiger partial charge >= 0.3 is 0 Å². The third kappa shape index (κ3) is 3.16. The molecule has 0 aromatic carbocycles. The van der Waals surface area contributed by atoms with Crippen LogP contribution in [0.2, 0.25) is 0 Å². The number of hydrogen-bond acceptors (Lipinski definition) is 4. The number of amides is 1. The second-order valence-corrected chi connectivity index (χ2v) is 3.74. The number of carbonyl (C=O) groups excluding carboxylic acids is 1. The largest absolute Gasteiger partial charge is 0.358 e. The maximum Gasteiger partial charge on any atom is 0.239 e. The van der Waals surface area contributed by atoms with Crippen molar-refractivity contribution >= 4 is 27.7 Å². The molecule has 15 heavy (non-hydrogen) atoms. The SMILES string of the molecule is CCN(CC(=O)NC)c1ncncc1Br. The average molecular weight is 273 g/mol. The van der Waals surface area contributed by atoms with Crippen LogP contribution in [0.5, 0.6) is 0 Å². The fraction of sp³-hybridized carbons (Fsp3) is 0.444. The quantitative estimate of drug-likeness (QED) is 0.882. The fourth-order valence-electron chi connectivity index (χ4n) is 1.13. The number of aromatic nitrogens is 2. The van der Waals surface area contributed by atoms with Gasteiger partial charge < -0.3 is 10.2 Å². The normalized spacial score (nSPS) is 9.80. The molecule has 0 saturated heterocycles. The molecule has 0 aliphatic carbocycles. The van der Waals surface area contributed by atoms with Crippen molar-refractivity contribution in [3.63, 3.8) is 0 Å². The summed E-state index contributed by atoms with van der Waals surface area (Å²) < 4.78 is 0.788. The highest BCUT2D eigenvalue weighted by Gasteiger charge is 2.12. The number of nitrogens with zero attached hydrogens (tertiary/aromatic N) is 3. The molecule has 82 valence electrons. The summed E-state index contributed by atoms with van der Waals surface area (Å²) in [5, 5.41) is 2.58. The average Bonchev–Trinajstić information content (AvgIpc) is 2.26. The Kier molecular flexibility index (Phi) is 4.48. The lowest BCUT2D eigenvalue weighted by molar-refractivity contribution is -0.119. The Balaban J connectivity index is 2.83. The van der Waals surface area contributed by atoms with Crippen LogP contribution in [0, 0.1) is 0 Å². The number of carbonyl (C=O) groups is 1. The van der Waals surface area contributed by atoms with Crippen LogP contribution in [-0.2, 0) is 4.79 Å². The van der Waals surface area contributed by atoms with Crippen molar-refractivity contribution < 1.29 is 4.79 Å². The van der Waals surface area contributed by atoms with E-state index in [4.69, 9.17) is 0 Å². The van der Waals surface area contributed by atoms with Gasteiger partial charge in [-0.3, -0.25) is 4.79 Å². The van der Waals surface area contributed by atoms with Crippen LogP contribution in [0.15, 0.2) is 17.0 Å². The highest BCUT2D eigenvalue weighted by atomic mass is 79.9. The third-order valence-electron chi connectivity index (χ3n) is 1.94. The van der Waals surface area contributed by atoms with Crippen LogP contribution in [0.1, 0.15) is 6.92 Å². The van der Waals surface area contributed by atoms with Crippen molar-refractivity contribution in [3.8, 4) is 0 Å². The minimum atomic E-state index is -0.0395. The zero-order chi connectivity index (χ0) is 11.3. The molecule has 1 rings (SSSR count). The molecule has 1 aromatic rings. The summed E-state index contributed by atoms with van der Waals surface area (Å²) in [6, 6.07) is 0. The van der Waals surface area contributed by atoms with Gasteiger partial charge in [-0.2, -0.15) is 0 Å². The van der Waals surface area contributed by atoms with Gasteiger partial charge in [0.2, 0.25) is 5.91 Å². The Morgan fingerprint density at radius 3 is 2.93 bits per heavy atom. The van der Waals surface area contributed by atoms with E-state index in [1.807, 2.05) is 11.8 Å². The van der Waals surface area contributed by atoms with Crippen molar-refractivity contribution in [1.82, 2.24) is 15.3 Å². The molecule has 1 aromatic heterocycles. The van der Waals surface area contributed by atoms with E-state index in [1.165, 1.54) is 6.33 Å². The zero-order valence-electron chi connectivity index (χ0n) is 8.70. The molecule has 0 atom stereocenters. The van der Waals surface area contributed by atoms with E-state index in [2.05, 4.69) is 31.2 Å². The number of hydrogen-bond donors (Lipinski definition) is 1. The number of likely N-dealkylation sites (N-methyl/N-ethyl adjacent to an activating group) is 2. The highest BCUT2D eigenvalue weighted by molar-refractivity contribution is 9.10. The van der Waals surface area contributed by atoms with Crippen molar-refractivity contribution in [1.29, 1.82) is 0 Å². The van der Waals surface area contributed by atoms with Crippen LogP contribution >= 0.6 is 15.9 Å². The van der Waals surface area contributed by atoms with Gasteiger partial charge in [-0.05, 0) is 22.9 Å². The van der Waals surface area contributed by atoms with Crippen LogP contribution in [0.25, 0.3) is 0 Å². The molecule has 0 saturated carbocycles. The number of rotatable bonds is 4. The third-order valence-corrected chi connectivity index (χ3v) is 2.50. The standard InChI is InChI=1S/C9H13BrN4O/c1-3-14(5-8(15)11-2)9-7(10)4-12-6-13-9/h4,6H,3,5H2,1-2H3,(H,11,15). The molecule has 0 fully saturated rings. The van der Waals surface area contributed by atoms with E-state index in [0.29, 0.717) is 13.1 Å². The van der Waals surface area contributed by atoms with Gasteiger partial charge in [0.15, 0.2) is 0 Å². The van der Waals surface area contributed by atoms with E-state index >= 15 is 0 Å². The predicted octanol–water partition coefficient (Wildman–Crippen LogP) is 0.811. The molecule has 0 aliphatic rings. The van der Waals surface area contributed by atoms with Gasteiger partial charge in [0.05, 0.1) is 11.0 Å². The Bertz CT molecular complexity index is 345. The molecule has 0 bridgehead atoms. The lowest BCUT2D eigenvalue weighted by Crippen LogP contribution is -2.36. The summed E-state index contributed by atoms with van der Waals surface area (Å²) in [6.45, 7) is 2.98.